The van der Waals surface area contributed by atoms with E-state index in [1.54, 1.807) is 32.9 Å². The Balaban J connectivity index is 1.67. The minimum Gasteiger partial charge on any atom is -0.444 e. The van der Waals surface area contributed by atoms with E-state index >= 15 is 4.39 Å². The summed E-state index contributed by atoms with van der Waals surface area (Å²) in [5, 5.41) is 3.11. The predicted octanol–water partition coefficient (Wildman–Crippen LogP) is 3.59. The zero-order valence-electron chi connectivity index (χ0n) is 20.3. The highest BCUT2D eigenvalue weighted by atomic mass is 32.2. The van der Waals surface area contributed by atoms with E-state index in [9.17, 15) is 4.79 Å². The van der Waals surface area contributed by atoms with E-state index < -0.39 is 35.6 Å². The standard InChI is InChI=1S/C23H32BFN2O5S/c1-20(2,3)30-19(28)26-18-27-23(13-29-11-14(23)12-33-18)16-10-15(8-9-17(16)25)24-31-21(4,5)22(6,7)32-24/h8-10,14H,11-13H2,1-7H3,(H,26,27,28)/t14-,23-/m1/s1. The maximum atomic E-state index is 15.3. The Kier molecular flexibility index (Phi) is 6.13. The minimum atomic E-state index is -0.945. The van der Waals surface area contributed by atoms with Gasteiger partial charge in [0.15, 0.2) is 5.17 Å². The molecule has 0 radical (unpaired) electrons. The summed E-state index contributed by atoms with van der Waals surface area (Å²) in [5.41, 5.74) is -1.45. The van der Waals surface area contributed by atoms with Gasteiger partial charge in [-0.05, 0) is 60.0 Å². The highest BCUT2D eigenvalue weighted by molar-refractivity contribution is 8.13. The Bertz CT molecular complexity index is 964. The van der Waals surface area contributed by atoms with Crippen LogP contribution in [0.2, 0.25) is 0 Å². The van der Waals surface area contributed by atoms with E-state index in [0.29, 0.717) is 23.1 Å². The van der Waals surface area contributed by atoms with Crippen molar-refractivity contribution in [1.82, 2.24) is 5.32 Å². The Morgan fingerprint density at radius 3 is 2.55 bits per heavy atom. The largest absolute Gasteiger partial charge is 0.494 e. The minimum absolute atomic E-state index is 0.0327. The first-order chi connectivity index (χ1) is 15.2. The summed E-state index contributed by atoms with van der Waals surface area (Å²) in [5.74, 6) is 0.224. The molecule has 3 aliphatic heterocycles. The second-order valence-electron chi connectivity index (χ2n) is 10.8. The van der Waals surface area contributed by atoms with Crippen LogP contribution in [-0.4, -0.2) is 54.1 Å². The molecule has 1 amide bonds. The van der Waals surface area contributed by atoms with Crippen LogP contribution in [0.25, 0.3) is 0 Å². The molecule has 2 fully saturated rings. The van der Waals surface area contributed by atoms with E-state index in [-0.39, 0.29) is 18.3 Å². The molecular formula is C23H32BFN2O5S. The van der Waals surface area contributed by atoms with Crippen LogP contribution < -0.4 is 10.8 Å². The van der Waals surface area contributed by atoms with Crippen molar-refractivity contribution >= 4 is 35.6 Å². The summed E-state index contributed by atoms with van der Waals surface area (Å²) in [6.45, 7) is 14.0. The third-order valence-corrected chi connectivity index (χ3v) is 7.66. The second-order valence-corrected chi connectivity index (χ2v) is 11.8. The first-order valence-corrected chi connectivity index (χ1v) is 12.2. The average molecular weight is 478 g/mol. The number of ether oxygens (including phenoxy) is 2. The molecule has 0 aliphatic carbocycles. The van der Waals surface area contributed by atoms with Crippen LogP contribution in [0.15, 0.2) is 23.2 Å². The number of benzene rings is 1. The molecule has 2 atom stereocenters. The number of thioether (sulfide) groups is 1. The van der Waals surface area contributed by atoms with Gasteiger partial charge in [-0.25, -0.2) is 14.2 Å². The zero-order valence-corrected chi connectivity index (χ0v) is 21.1. The second kappa shape index (κ2) is 8.25. The average Bonchev–Trinajstić information content (AvgIpc) is 3.18. The van der Waals surface area contributed by atoms with Gasteiger partial charge in [-0.3, -0.25) is 5.32 Å². The smallest absolute Gasteiger partial charge is 0.444 e. The lowest BCUT2D eigenvalue weighted by atomic mass is 9.74. The fraction of sp³-hybridized carbons (Fsp3) is 0.652. The van der Waals surface area contributed by atoms with Gasteiger partial charge in [-0.2, -0.15) is 0 Å². The summed E-state index contributed by atoms with van der Waals surface area (Å²) in [7, 11) is -0.618. The molecule has 0 saturated carbocycles. The van der Waals surface area contributed by atoms with Crippen molar-refractivity contribution in [2.75, 3.05) is 19.0 Å². The van der Waals surface area contributed by atoms with Crippen LogP contribution in [0.5, 0.6) is 0 Å². The zero-order chi connectivity index (χ0) is 24.2. The fourth-order valence-corrected chi connectivity index (χ4v) is 5.24. The molecule has 0 aromatic heterocycles. The monoisotopic (exact) mass is 478 g/mol. The van der Waals surface area contributed by atoms with Gasteiger partial charge in [0.05, 0.1) is 24.4 Å². The lowest BCUT2D eigenvalue weighted by Gasteiger charge is -2.35. The van der Waals surface area contributed by atoms with E-state index in [4.69, 9.17) is 23.8 Å². The van der Waals surface area contributed by atoms with Crippen LogP contribution in [0.4, 0.5) is 9.18 Å². The number of fused-ring (bicyclic) bond motifs is 1. The molecule has 1 aromatic rings. The third kappa shape index (κ3) is 4.67. The van der Waals surface area contributed by atoms with Gasteiger partial charge >= 0.3 is 13.2 Å². The van der Waals surface area contributed by atoms with Gasteiger partial charge < -0.3 is 18.8 Å². The van der Waals surface area contributed by atoms with Crippen LogP contribution >= 0.6 is 11.8 Å². The molecule has 3 heterocycles. The van der Waals surface area contributed by atoms with Crippen LogP contribution in [0.1, 0.15) is 54.0 Å². The molecule has 0 spiro atoms. The van der Waals surface area contributed by atoms with Gasteiger partial charge in [0.1, 0.15) is 17.0 Å². The number of rotatable bonds is 2. The molecule has 33 heavy (non-hydrogen) atoms. The number of nitrogens with one attached hydrogen (secondary N) is 1. The normalized spacial score (nSPS) is 28.3. The Hall–Kier alpha value is -1.62. The first kappa shape index (κ1) is 24.5. The Morgan fingerprint density at radius 2 is 1.91 bits per heavy atom. The van der Waals surface area contributed by atoms with Gasteiger partial charge in [0, 0.05) is 17.2 Å². The number of nitrogens with zero attached hydrogens (tertiary/aromatic N) is 1. The number of hydrogen-bond acceptors (Lipinski definition) is 7. The Labute approximate surface area is 199 Å². The number of aliphatic imine (C=N–C) groups is 1. The first-order valence-electron chi connectivity index (χ1n) is 11.2. The molecule has 4 rings (SSSR count). The van der Waals surface area contributed by atoms with Crippen LogP contribution in [-0.2, 0) is 24.3 Å². The lowest BCUT2D eigenvalue weighted by Crippen LogP contribution is -2.44. The quantitative estimate of drug-likeness (QED) is 0.655. The van der Waals surface area contributed by atoms with E-state index in [1.165, 1.54) is 17.8 Å². The number of amidine groups is 1. The van der Waals surface area contributed by atoms with Gasteiger partial charge in [0.25, 0.3) is 0 Å². The maximum Gasteiger partial charge on any atom is 0.494 e. The highest BCUT2D eigenvalue weighted by Gasteiger charge is 2.53. The highest BCUT2D eigenvalue weighted by Crippen LogP contribution is 2.45. The molecular weight excluding hydrogens is 446 g/mol. The summed E-state index contributed by atoms with van der Waals surface area (Å²) >= 11 is 1.41. The summed E-state index contributed by atoms with van der Waals surface area (Å²) in [6.07, 6.45) is -0.590. The van der Waals surface area contributed by atoms with Crippen molar-refractivity contribution in [3.05, 3.63) is 29.6 Å². The van der Waals surface area contributed by atoms with Crippen molar-refractivity contribution < 1.29 is 28.0 Å². The molecule has 10 heteroatoms. The van der Waals surface area contributed by atoms with Crippen LogP contribution in [0, 0.1) is 11.7 Å². The van der Waals surface area contributed by atoms with Crippen LogP contribution in [0.3, 0.4) is 0 Å². The van der Waals surface area contributed by atoms with Crippen molar-refractivity contribution in [2.45, 2.75) is 70.8 Å². The van der Waals surface area contributed by atoms with Gasteiger partial charge in [-0.1, -0.05) is 23.9 Å². The number of carbonyl (C=O) groups is 1. The molecule has 2 saturated heterocycles. The SMILES string of the molecule is CC(C)(C)OC(=O)NC1=N[C@]2(c3cc(B4OC(C)(C)C(C)(C)O4)ccc3F)COC[C@@H]2CS1. The molecule has 3 aliphatic rings. The van der Waals surface area contributed by atoms with Gasteiger partial charge in [-0.15, -0.1) is 0 Å². The molecule has 7 nitrogen and oxygen atoms in total. The van der Waals surface area contributed by atoms with Crippen molar-refractivity contribution in [2.24, 2.45) is 10.9 Å². The fourth-order valence-electron chi connectivity index (χ4n) is 4.13. The van der Waals surface area contributed by atoms with E-state index in [2.05, 4.69) is 5.32 Å². The summed E-state index contributed by atoms with van der Waals surface area (Å²) < 4.78 is 38.7. The number of hydrogen-bond donors (Lipinski definition) is 1. The molecule has 1 N–H and O–H groups in total. The van der Waals surface area contributed by atoms with Crippen molar-refractivity contribution in [3.63, 3.8) is 0 Å². The Morgan fingerprint density at radius 1 is 1.24 bits per heavy atom. The number of amides is 1. The van der Waals surface area contributed by atoms with E-state index in [0.717, 1.165) is 5.46 Å². The van der Waals surface area contributed by atoms with Crippen molar-refractivity contribution in [1.29, 1.82) is 0 Å². The number of halogens is 1. The molecule has 0 unspecified atom stereocenters. The summed E-state index contributed by atoms with van der Waals surface area (Å²) in [6, 6.07) is 4.88. The molecule has 180 valence electrons. The topological polar surface area (TPSA) is 78.4 Å². The molecule has 0 bridgehead atoms. The maximum absolute atomic E-state index is 15.3. The van der Waals surface area contributed by atoms with E-state index in [1.807, 2.05) is 27.7 Å². The third-order valence-electron chi connectivity index (χ3n) is 6.63. The van der Waals surface area contributed by atoms with Crippen molar-refractivity contribution in [3.8, 4) is 0 Å². The molecule has 1 aromatic carbocycles. The number of carbonyl (C=O) groups excluding carboxylic acids is 1. The summed E-state index contributed by atoms with van der Waals surface area (Å²) in [4.78, 5) is 17.1. The lowest BCUT2D eigenvalue weighted by molar-refractivity contribution is 0.00578. The predicted molar refractivity (Wildman–Crippen MR) is 127 cm³/mol. The number of alkyl carbamates (subject to hydrolysis) is 1. The van der Waals surface area contributed by atoms with Gasteiger partial charge in [0.2, 0.25) is 0 Å².